The summed E-state index contributed by atoms with van der Waals surface area (Å²) in [5.74, 6) is -0.239. The van der Waals surface area contributed by atoms with Crippen LogP contribution >= 0.6 is 0 Å². The minimum absolute atomic E-state index is 0.141. The van der Waals surface area contributed by atoms with Crippen LogP contribution in [0.5, 0.6) is 0 Å². The highest BCUT2D eigenvalue weighted by Crippen LogP contribution is 2.36. The van der Waals surface area contributed by atoms with Gasteiger partial charge in [0, 0.05) is 5.54 Å². The van der Waals surface area contributed by atoms with Crippen molar-refractivity contribution in [3.63, 3.8) is 0 Å². The maximum atomic E-state index is 13.2. The number of benzene rings is 1. The molecule has 0 spiro atoms. The lowest BCUT2D eigenvalue weighted by molar-refractivity contribution is 0.159. The molecule has 0 aromatic heterocycles. The Labute approximate surface area is 114 Å². The van der Waals surface area contributed by atoms with E-state index in [9.17, 15) is 8.78 Å². The van der Waals surface area contributed by atoms with Crippen LogP contribution < -0.4 is 5.32 Å². The summed E-state index contributed by atoms with van der Waals surface area (Å²) >= 11 is 0. The molecule has 2 unspecified atom stereocenters. The van der Waals surface area contributed by atoms with Gasteiger partial charge in [0.25, 0.3) is 0 Å². The van der Waals surface area contributed by atoms with Crippen LogP contribution in [0, 0.1) is 23.5 Å². The van der Waals surface area contributed by atoms with Crippen LogP contribution in [0.3, 0.4) is 0 Å². The van der Waals surface area contributed by atoms with Crippen molar-refractivity contribution in [1.29, 1.82) is 0 Å². The minimum atomic E-state index is -0.761. The molecule has 2 atom stereocenters. The second-order valence-electron chi connectivity index (χ2n) is 6.68. The first-order valence-electron chi connectivity index (χ1n) is 7.04. The Hall–Kier alpha value is -0.960. The van der Waals surface area contributed by atoms with Gasteiger partial charge in [0.2, 0.25) is 0 Å². The number of hydrogen-bond acceptors (Lipinski definition) is 1. The van der Waals surface area contributed by atoms with E-state index >= 15 is 0 Å². The molecule has 1 saturated carbocycles. The summed E-state index contributed by atoms with van der Waals surface area (Å²) in [6.07, 6.45) is 3.28. The Balaban J connectivity index is 1.87. The predicted octanol–water partition coefficient (Wildman–Crippen LogP) is 3.92. The van der Waals surface area contributed by atoms with Crippen molar-refractivity contribution >= 4 is 0 Å². The van der Waals surface area contributed by atoms with E-state index in [1.165, 1.54) is 25.0 Å². The molecule has 0 amide bonds. The quantitative estimate of drug-likeness (QED) is 0.871. The topological polar surface area (TPSA) is 12.0 Å². The van der Waals surface area contributed by atoms with E-state index < -0.39 is 11.6 Å². The molecule has 1 aromatic rings. The Kier molecular flexibility index (Phi) is 4.24. The first kappa shape index (κ1) is 14.4. The lowest BCUT2D eigenvalue weighted by atomic mass is 9.70. The molecule has 0 aliphatic heterocycles. The van der Waals surface area contributed by atoms with E-state index in [1.807, 2.05) is 0 Å². The molecule has 1 N–H and O–H groups in total. The molecule has 1 fully saturated rings. The molecule has 1 aliphatic rings. The fourth-order valence-electron chi connectivity index (χ4n) is 2.58. The summed E-state index contributed by atoms with van der Waals surface area (Å²) in [6, 6.07) is 4.26. The first-order valence-corrected chi connectivity index (χ1v) is 7.04. The van der Waals surface area contributed by atoms with Gasteiger partial charge in [0.15, 0.2) is 11.6 Å². The molecule has 106 valence electrons. The van der Waals surface area contributed by atoms with Gasteiger partial charge in [-0.25, -0.2) is 8.78 Å². The zero-order chi connectivity index (χ0) is 14.0. The largest absolute Gasteiger partial charge is 0.312 e. The average molecular weight is 267 g/mol. The lowest BCUT2D eigenvalue weighted by Crippen LogP contribution is -2.44. The summed E-state index contributed by atoms with van der Waals surface area (Å²) in [5, 5.41) is 3.53. The minimum Gasteiger partial charge on any atom is -0.312 e. The van der Waals surface area contributed by atoms with Crippen molar-refractivity contribution in [1.82, 2.24) is 5.32 Å². The van der Waals surface area contributed by atoms with Gasteiger partial charge in [-0.1, -0.05) is 6.07 Å². The zero-order valence-corrected chi connectivity index (χ0v) is 12.0. The molecule has 0 heterocycles. The third kappa shape index (κ3) is 4.00. The molecular formula is C16H23F2N. The third-order valence-electron chi connectivity index (χ3n) is 3.95. The van der Waals surface area contributed by atoms with Crippen LogP contribution in [-0.2, 0) is 6.42 Å². The summed E-state index contributed by atoms with van der Waals surface area (Å²) in [6.45, 7) is 7.50. The zero-order valence-electron chi connectivity index (χ0n) is 12.0. The smallest absolute Gasteiger partial charge is 0.159 e. The molecular weight excluding hydrogens is 244 g/mol. The molecule has 0 saturated heterocycles. The van der Waals surface area contributed by atoms with Crippen molar-refractivity contribution in [2.24, 2.45) is 11.8 Å². The summed E-state index contributed by atoms with van der Waals surface area (Å²) < 4.78 is 26.0. The van der Waals surface area contributed by atoms with E-state index in [2.05, 4.69) is 26.1 Å². The maximum absolute atomic E-state index is 13.2. The lowest BCUT2D eigenvalue weighted by Gasteiger charge is -2.39. The molecule has 2 rings (SSSR count). The van der Waals surface area contributed by atoms with Crippen LogP contribution in [0.1, 0.15) is 39.2 Å². The summed E-state index contributed by atoms with van der Waals surface area (Å²) in [4.78, 5) is 0. The Bertz CT molecular complexity index is 437. The molecule has 3 heteroatoms. The van der Waals surface area contributed by atoms with Gasteiger partial charge in [0.1, 0.15) is 0 Å². The van der Waals surface area contributed by atoms with Crippen molar-refractivity contribution < 1.29 is 8.78 Å². The molecule has 1 aliphatic carbocycles. The van der Waals surface area contributed by atoms with Crippen LogP contribution in [0.25, 0.3) is 0 Å². The van der Waals surface area contributed by atoms with Crippen molar-refractivity contribution in [2.45, 2.75) is 45.6 Å². The van der Waals surface area contributed by atoms with E-state index in [1.54, 1.807) is 6.07 Å². The van der Waals surface area contributed by atoms with Crippen molar-refractivity contribution in [3.8, 4) is 0 Å². The highest BCUT2D eigenvalue weighted by molar-refractivity contribution is 5.19. The second-order valence-corrected chi connectivity index (χ2v) is 6.68. The highest BCUT2D eigenvalue weighted by atomic mass is 19.2. The van der Waals surface area contributed by atoms with Crippen molar-refractivity contribution in [3.05, 3.63) is 35.4 Å². The number of rotatable bonds is 4. The summed E-state index contributed by atoms with van der Waals surface area (Å²) in [5.41, 5.74) is 1.05. The number of hydrogen-bond donors (Lipinski definition) is 1. The fraction of sp³-hybridized carbons (Fsp3) is 0.625. The van der Waals surface area contributed by atoms with Crippen molar-refractivity contribution in [2.75, 3.05) is 6.54 Å². The Morgan fingerprint density at radius 3 is 2.32 bits per heavy atom. The number of halogens is 2. The van der Waals surface area contributed by atoms with E-state index in [0.29, 0.717) is 11.8 Å². The van der Waals surface area contributed by atoms with Gasteiger partial charge in [-0.05, 0) is 76.1 Å². The highest BCUT2D eigenvalue weighted by Gasteiger charge is 2.31. The monoisotopic (exact) mass is 267 g/mol. The maximum Gasteiger partial charge on any atom is 0.159 e. The Morgan fingerprint density at radius 1 is 1.11 bits per heavy atom. The summed E-state index contributed by atoms with van der Waals surface area (Å²) in [7, 11) is 0. The SMILES string of the molecule is CC(C)(C)NCC1CCC1Cc1ccc(F)c(F)c1. The van der Waals surface area contributed by atoms with Crippen LogP contribution in [0.15, 0.2) is 18.2 Å². The van der Waals surface area contributed by atoms with Gasteiger partial charge in [0.05, 0.1) is 0 Å². The number of nitrogens with one attached hydrogen (secondary N) is 1. The molecule has 1 nitrogen and oxygen atoms in total. The average Bonchev–Trinajstić information content (AvgIpc) is 2.27. The molecule has 1 aromatic carbocycles. The van der Waals surface area contributed by atoms with Crippen LogP contribution in [-0.4, -0.2) is 12.1 Å². The first-order chi connectivity index (χ1) is 8.85. The van der Waals surface area contributed by atoms with Gasteiger partial charge in [-0.15, -0.1) is 0 Å². The standard InChI is InChI=1S/C16H23F2N/c1-16(2,3)19-10-13-6-5-12(13)8-11-4-7-14(17)15(18)9-11/h4,7,9,12-13,19H,5-6,8,10H2,1-3H3. The Morgan fingerprint density at radius 2 is 1.79 bits per heavy atom. The molecule has 19 heavy (non-hydrogen) atoms. The van der Waals surface area contributed by atoms with E-state index in [-0.39, 0.29) is 5.54 Å². The normalized spacial score (nSPS) is 23.2. The van der Waals surface area contributed by atoms with E-state index in [4.69, 9.17) is 0 Å². The molecule has 0 bridgehead atoms. The fourth-order valence-corrected chi connectivity index (χ4v) is 2.58. The van der Waals surface area contributed by atoms with E-state index in [0.717, 1.165) is 18.5 Å². The molecule has 0 radical (unpaired) electrons. The van der Waals surface area contributed by atoms with Crippen LogP contribution in [0.4, 0.5) is 8.78 Å². The third-order valence-corrected chi connectivity index (χ3v) is 3.95. The predicted molar refractivity (Wildman–Crippen MR) is 74.0 cm³/mol. The van der Waals surface area contributed by atoms with Gasteiger partial charge in [-0.2, -0.15) is 0 Å². The van der Waals surface area contributed by atoms with Crippen LogP contribution in [0.2, 0.25) is 0 Å². The second kappa shape index (κ2) is 5.58. The van der Waals surface area contributed by atoms with Gasteiger partial charge in [-0.3, -0.25) is 0 Å². The van der Waals surface area contributed by atoms with Gasteiger partial charge < -0.3 is 5.32 Å². The van der Waals surface area contributed by atoms with Gasteiger partial charge >= 0.3 is 0 Å².